The van der Waals surface area contributed by atoms with Gasteiger partial charge in [-0.1, -0.05) is 50.1 Å². The maximum absolute atomic E-state index is 12.4. The lowest BCUT2D eigenvalue weighted by Gasteiger charge is -2.15. The van der Waals surface area contributed by atoms with E-state index < -0.39 is 11.9 Å². The molecule has 0 bridgehead atoms. The third-order valence-corrected chi connectivity index (χ3v) is 5.09. The van der Waals surface area contributed by atoms with E-state index in [1.54, 1.807) is 6.92 Å². The highest BCUT2D eigenvalue weighted by molar-refractivity contribution is 5.97. The zero-order valence-corrected chi connectivity index (χ0v) is 20.7. The molecule has 184 valence electrons. The summed E-state index contributed by atoms with van der Waals surface area (Å²) in [5.74, 6) is 0.218. The summed E-state index contributed by atoms with van der Waals surface area (Å²) in [5, 5.41) is 8.57. The number of hydrogen-bond donors (Lipinski definition) is 3. The Morgan fingerprint density at radius 3 is 2.29 bits per heavy atom. The van der Waals surface area contributed by atoms with E-state index in [0.717, 1.165) is 24.2 Å². The molecule has 8 nitrogen and oxygen atoms in total. The highest BCUT2D eigenvalue weighted by Crippen LogP contribution is 2.20. The largest absolute Gasteiger partial charge is 0.491 e. The van der Waals surface area contributed by atoms with Crippen molar-refractivity contribution in [3.63, 3.8) is 0 Å². The topological polar surface area (TPSA) is 101 Å². The summed E-state index contributed by atoms with van der Waals surface area (Å²) in [6.07, 6.45) is 2.19. The molecule has 2 aromatic carbocycles. The van der Waals surface area contributed by atoms with E-state index in [2.05, 4.69) is 27.9 Å². The van der Waals surface area contributed by atoms with Crippen LogP contribution in [0.2, 0.25) is 0 Å². The van der Waals surface area contributed by atoms with Crippen molar-refractivity contribution in [1.29, 1.82) is 0 Å². The zero-order chi connectivity index (χ0) is 24.9. The highest BCUT2D eigenvalue weighted by atomic mass is 16.5. The molecule has 2 amide bonds. The molecular formula is C26H36N4O4. The number of urea groups is 1. The number of guanidine groups is 1. The fourth-order valence-corrected chi connectivity index (χ4v) is 3.11. The van der Waals surface area contributed by atoms with Crippen molar-refractivity contribution in [2.24, 2.45) is 10.9 Å². The van der Waals surface area contributed by atoms with Crippen molar-refractivity contribution >= 4 is 23.6 Å². The lowest BCUT2D eigenvalue weighted by atomic mass is 10.1. The Labute approximate surface area is 202 Å². The van der Waals surface area contributed by atoms with Crippen molar-refractivity contribution < 1.29 is 19.1 Å². The number of carbonyl (C=O) groups excluding carboxylic acids is 2. The number of aryl methyl sites for hydroxylation is 1. The number of nitrogens with one attached hydrogen (secondary N) is 3. The van der Waals surface area contributed by atoms with Crippen LogP contribution in [0.5, 0.6) is 5.75 Å². The molecule has 0 saturated carbocycles. The van der Waals surface area contributed by atoms with Gasteiger partial charge in [-0.05, 0) is 50.1 Å². The minimum Gasteiger partial charge on any atom is -0.491 e. The number of esters is 1. The summed E-state index contributed by atoms with van der Waals surface area (Å²) >= 11 is 0. The maximum Gasteiger partial charge on any atom is 0.321 e. The van der Waals surface area contributed by atoms with Gasteiger partial charge in [0, 0.05) is 13.1 Å². The molecule has 0 spiro atoms. The van der Waals surface area contributed by atoms with Crippen LogP contribution in [0.25, 0.3) is 0 Å². The van der Waals surface area contributed by atoms with Gasteiger partial charge in [0.2, 0.25) is 5.96 Å². The van der Waals surface area contributed by atoms with E-state index in [4.69, 9.17) is 9.47 Å². The molecule has 0 aliphatic rings. The molecule has 3 N–H and O–H groups in total. The van der Waals surface area contributed by atoms with Gasteiger partial charge < -0.3 is 20.1 Å². The Kier molecular flexibility index (Phi) is 10.9. The Hall–Kier alpha value is -3.55. The number of carbonyl (C=O) groups is 2. The first-order valence-electron chi connectivity index (χ1n) is 11.6. The number of nitrogens with zero attached hydrogens (tertiary/aromatic N) is 1. The first-order valence-corrected chi connectivity index (χ1v) is 11.6. The van der Waals surface area contributed by atoms with Crippen LogP contribution in [-0.4, -0.2) is 37.7 Å². The third-order valence-electron chi connectivity index (χ3n) is 5.09. The van der Waals surface area contributed by atoms with Crippen molar-refractivity contribution in [1.82, 2.24) is 16.0 Å². The Morgan fingerprint density at radius 1 is 1.00 bits per heavy atom. The smallest absolute Gasteiger partial charge is 0.321 e. The minimum atomic E-state index is -0.473. The molecule has 0 aliphatic heterocycles. The van der Waals surface area contributed by atoms with Crippen molar-refractivity contribution in [3.05, 3.63) is 59.7 Å². The Morgan fingerprint density at radius 2 is 1.68 bits per heavy atom. The van der Waals surface area contributed by atoms with Gasteiger partial charge in [0.25, 0.3) is 0 Å². The SMILES string of the molecule is CCC[C@H](C)Oc1ccc(/N=C(/NCc2ccc(C)cc2)NC(=O)NC[C@H](C)C(=O)OC)cc1. The lowest BCUT2D eigenvalue weighted by molar-refractivity contribution is -0.144. The average molecular weight is 469 g/mol. The van der Waals surface area contributed by atoms with Gasteiger partial charge in [-0.2, -0.15) is 0 Å². The molecule has 34 heavy (non-hydrogen) atoms. The second kappa shape index (κ2) is 13.9. The minimum absolute atomic E-state index is 0.142. The van der Waals surface area contributed by atoms with Crippen LogP contribution in [0.1, 0.15) is 44.7 Å². The molecule has 0 aliphatic carbocycles. The monoisotopic (exact) mass is 468 g/mol. The van der Waals surface area contributed by atoms with E-state index in [9.17, 15) is 9.59 Å². The van der Waals surface area contributed by atoms with Crippen LogP contribution in [-0.2, 0) is 16.1 Å². The van der Waals surface area contributed by atoms with Gasteiger partial charge in [-0.25, -0.2) is 9.79 Å². The fraction of sp³-hybridized carbons (Fsp3) is 0.423. The van der Waals surface area contributed by atoms with E-state index in [-0.39, 0.29) is 24.6 Å². The van der Waals surface area contributed by atoms with Crippen LogP contribution in [0.4, 0.5) is 10.5 Å². The normalized spacial score (nSPS) is 12.9. The van der Waals surface area contributed by atoms with Gasteiger partial charge in [-0.15, -0.1) is 0 Å². The van der Waals surface area contributed by atoms with Gasteiger partial charge in [-0.3, -0.25) is 10.1 Å². The predicted octanol–water partition coefficient (Wildman–Crippen LogP) is 4.45. The number of rotatable bonds is 10. The van der Waals surface area contributed by atoms with Crippen LogP contribution in [0, 0.1) is 12.8 Å². The van der Waals surface area contributed by atoms with E-state index in [1.807, 2.05) is 62.4 Å². The molecule has 0 fully saturated rings. The number of hydrogen-bond acceptors (Lipinski definition) is 5. The summed E-state index contributed by atoms with van der Waals surface area (Å²) in [4.78, 5) is 28.6. The summed E-state index contributed by atoms with van der Waals surface area (Å²) < 4.78 is 10.6. The van der Waals surface area contributed by atoms with Gasteiger partial charge in [0.1, 0.15) is 5.75 Å². The molecule has 0 heterocycles. The van der Waals surface area contributed by atoms with Crippen LogP contribution < -0.4 is 20.7 Å². The molecule has 2 atom stereocenters. The molecule has 2 aromatic rings. The van der Waals surface area contributed by atoms with Crippen LogP contribution >= 0.6 is 0 Å². The molecule has 0 radical (unpaired) electrons. The molecule has 2 rings (SSSR count). The molecule has 0 unspecified atom stereocenters. The van der Waals surface area contributed by atoms with Gasteiger partial charge in [0.05, 0.1) is 24.8 Å². The maximum atomic E-state index is 12.4. The summed E-state index contributed by atoms with van der Waals surface area (Å²) in [6, 6.07) is 15.0. The Balaban J connectivity index is 2.08. The van der Waals surface area contributed by atoms with E-state index in [1.165, 1.54) is 12.7 Å². The highest BCUT2D eigenvalue weighted by Gasteiger charge is 2.15. The Bertz CT molecular complexity index is 942. The lowest BCUT2D eigenvalue weighted by Crippen LogP contribution is -2.47. The predicted molar refractivity (Wildman–Crippen MR) is 134 cm³/mol. The second-order valence-electron chi connectivity index (χ2n) is 8.27. The van der Waals surface area contributed by atoms with Gasteiger partial charge >= 0.3 is 12.0 Å². The van der Waals surface area contributed by atoms with Gasteiger partial charge in [0.15, 0.2) is 0 Å². The second-order valence-corrected chi connectivity index (χ2v) is 8.27. The third kappa shape index (κ3) is 9.52. The average Bonchev–Trinajstić information content (AvgIpc) is 2.82. The number of methoxy groups -OCH3 is 1. The molecule has 8 heteroatoms. The van der Waals surface area contributed by atoms with Crippen molar-refractivity contribution in [2.75, 3.05) is 13.7 Å². The number of aliphatic imine (C=N–C) groups is 1. The summed E-state index contributed by atoms with van der Waals surface area (Å²) in [5.41, 5.74) is 2.88. The summed E-state index contributed by atoms with van der Waals surface area (Å²) in [6.45, 7) is 8.51. The van der Waals surface area contributed by atoms with Crippen LogP contribution in [0.3, 0.4) is 0 Å². The fourth-order valence-electron chi connectivity index (χ4n) is 3.11. The van der Waals surface area contributed by atoms with E-state index in [0.29, 0.717) is 12.2 Å². The van der Waals surface area contributed by atoms with Crippen molar-refractivity contribution in [3.8, 4) is 5.75 Å². The zero-order valence-electron chi connectivity index (χ0n) is 20.7. The summed E-state index contributed by atoms with van der Waals surface area (Å²) in [7, 11) is 1.32. The van der Waals surface area contributed by atoms with Crippen LogP contribution in [0.15, 0.2) is 53.5 Å². The first kappa shape index (κ1) is 26.7. The first-order chi connectivity index (χ1) is 16.3. The molecule has 0 saturated heterocycles. The quantitative estimate of drug-likeness (QED) is 0.272. The number of benzene rings is 2. The number of ether oxygens (including phenoxy) is 2. The molecule has 0 aromatic heterocycles. The van der Waals surface area contributed by atoms with Crippen molar-refractivity contribution in [2.45, 2.75) is 53.2 Å². The van der Waals surface area contributed by atoms with E-state index >= 15 is 0 Å². The molecular weight excluding hydrogens is 432 g/mol. The number of amides is 2. The standard InChI is InChI=1S/C26H36N4O4/c1-6-7-20(4)34-23-14-12-22(13-15-23)29-25(27-17-21-10-8-18(2)9-11-21)30-26(32)28-16-19(3)24(31)33-5/h8-15,19-20H,6-7,16-17H2,1-5H3,(H3,27,28,29,30,32)/t19-,20-/m0/s1.